The van der Waals surface area contributed by atoms with Crippen molar-refractivity contribution in [2.45, 2.75) is 81.3 Å². The summed E-state index contributed by atoms with van der Waals surface area (Å²) >= 11 is 0. The van der Waals surface area contributed by atoms with Gasteiger partial charge in [-0.25, -0.2) is 9.97 Å². The predicted octanol–water partition coefficient (Wildman–Crippen LogP) is 3.97. The van der Waals surface area contributed by atoms with Crippen LogP contribution in [-0.2, 0) is 19.8 Å². The summed E-state index contributed by atoms with van der Waals surface area (Å²) in [5, 5.41) is 6.59. The van der Waals surface area contributed by atoms with Crippen molar-refractivity contribution < 1.29 is 19.2 Å². The van der Waals surface area contributed by atoms with Gasteiger partial charge in [0.05, 0.1) is 28.5 Å². The zero-order valence-electron chi connectivity index (χ0n) is 32.8. The van der Waals surface area contributed by atoms with E-state index in [4.69, 9.17) is 9.97 Å². The third-order valence-corrected chi connectivity index (χ3v) is 13.3. The molecule has 3 aromatic heterocycles. The van der Waals surface area contributed by atoms with E-state index in [0.717, 1.165) is 111 Å². The van der Waals surface area contributed by atoms with E-state index in [1.807, 2.05) is 30.5 Å². The van der Waals surface area contributed by atoms with E-state index >= 15 is 0 Å². The van der Waals surface area contributed by atoms with Gasteiger partial charge in [-0.1, -0.05) is 18.9 Å². The lowest BCUT2D eigenvalue weighted by atomic mass is 9.88. The molecule has 15 nitrogen and oxygen atoms in total. The molecule has 7 heterocycles. The molecule has 1 atom stereocenters. The van der Waals surface area contributed by atoms with Gasteiger partial charge in [-0.15, -0.1) is 0 Å². The Kier molecular flexibility index (Phi) is 8.33. The maximum atomic E-state index is 13.9. The van der Waals surface area contributed by atoms with Gasteiger partial charge >= 0.3 is 0 Å². The summed E-state index contributed by atoms with van der Waals surface area (Å²) in [6.07, 6.45) is 10.2. The standard InChI is InChI=1S/C42H49N11O4/c1-41(51-19-17-49(18-20-51)29-9-6-10-30-35(29)42(15-16-42)39(57)53(30)31-12-14-34(54)46-37(31)55)24-50(25-41)28-11-13-33(43-23-28)45-40-44-22-26-21-32(38(56)48(2)3)52(36(26)47-40)27-7-4-5-8-27/h6,9-11,13,21-23,27,31H,4-5,7-8,12,14-20,24-25H2,1-3H3,(H,46,54,55)(H,43,44,45,47). The average Bonchev–Trinajstić information content (AvgIpc) is 3.53. The number of rotatable bonds is 8. The molecule has 10 rings (SSSR count). The zero-order chi connectivity index (χ0) is 39.2. The minimum atomic E-state index is -0.648. The normalized spacial score (nSPS) is 22.9. The number of piperidine rings is 1. The SMILES string of the molecule is CN(C)C(=O)c1cc2cnc(Nc3ccc(N4CC(C)(N5CCN(c6cccc7c6C6(CC6)C(=O)N7C6CCC(=O)NC6=O)CC5)C4)cn3)nc2n1C1CCCC1. The molecular formula is C42H49N11O4. The Hall–Kier alpha value is -5.57. The fourth-order valence-electron chi connectivity index (χ4n) is 10.2. The Balaban J connectivity index is 0.785. The van der Waals surface area contributed by atoms with E-state index in [0.29, 0.717) is 23.9 Å². The van der Waals surface area contributed by atoms with Crippen molar-refractivity contribution in [1.82, 2.24) is 34.6 Å². The Morgan fingerprint density at radius 1 is 0.912 bits per heavy atom. The van der Waals surface area contributed by atoms with Gasteiger partial charge < -0.3 is 24.6 Å². The van der Waals surface area contributed by atoms with Crippen LogP contribution in [0.5, 0.6) is 0 Å². The maximum Gasteiger partial charge on any atom is 0.270 e. The number of nitrogens with zero attached hydrogens (tertiary/aromatic N) is 9. The molecule has 1 unspecified atom stereocenters. The van der Waals surface area contributed by atoms with Gasteiger partial charge in [0.15, 0.2) is 0 Å². The molecule has 1 aromatic carbocycles. The van der Waals surface area contributed by atoms with Crippen molar-refractivity contribution in [1.29, 1.82) is 0 Å². The second kappa shape index (κ2) is 13.3. The number of carbonyl (C=O) groups is 4. The first kappa shape index (κ1) is 35.8. The van der Waals surface area contributed by atoms with Gasteiger partial charge in [-0.2, -0.15) is 4.98 Å². The second-order valence-corrected chi connectivity index (χ2v) is 17.3. The number of imide groups is 1. The number of anilines is 5. The fourth-order valence-corrected chi connectivity index (χ4v) is 10.2. The van der Waals surface area contributed by atoms with Crippen LogP contribution in [0.1, 0.15) is 80.4 Å². The molecule has 4 amide bonds. The zero-order valence-corrected chi connectivity index (χ0v) is 32.8. The summed E-state index contributed by atoms with van der Waals surface area (Å²) in [6.45, 7) is 7.65. The second-order valence-electron chi connectivity index (χ2n) is 17.3. The highest BCUT2D eigenvalue weighted by atomic mass is 16.2. The van der Waals surface area contributed by atoms with Crippen molar-refractivity contribution in [2.75, 3.05) is 73.4 Å². The highest BCUT2D eigenvalue weighted by Crippen LogP contribution is 2.61. The molecule has 0 radical (unpaired) electrons. The minimum absolute atomic E-state index is 0.00598. The van der Waals surface area contributed by atoms with Gasteiger partial charge in [0, 0.05) is 88.7 Å². The largest absolute Gasteiger partial charge is 0.369 e. The highest BCUT2D eigenvalue weighted by molar-refractivity contribution is 6.16. The molecule has 2 N–H and O–H groups in total. The smallest absolute Gasteiger partial charge is 0.270 e. The number of carbonyl (C=O) groups excluding carboxylic acids is 4. The van der Waals surface area contributed by atoms with E-state index in [2.05, 4.69) is 53.9 Å². The monoisotopic (exact) mass is 771 g/mol. The predicted molar refractivity (Wildman–Crippen MR) is 216 cm³/mol. The van der Waals surface area contributed by atoms with Gasteiger partial charge in [0.1, 0.15) is 23.2 Å². The minimum Gasteiger partial charge on any atom is -0.369 e. The molecular weight excluding hydrogens is 723 g/mol. The molecule has 0 bridgehead atoms. The Morgan fingerprint density at radius 2 is 1.67 bits per heavy atom. The molecule has 15 heteroatoms. The van der Waals surface area contributed by atoms with Gasteiger partial charge in [0.2, 0.25) is 23.7 Å². The third kappa shape index (κ3) is 5.83. The molecule has 6 aliphatic rings. The van der Waals surface area contributed by atoms with E-state index < -0.39 is 11.5 Å². The van der Waals surface area contributed by atoms with Crippen LogP contribution in [0.2, 0.25) is 0 Å². The molecule has 4 aromatic rings. The van der Waals surface area contributed by atoms with Crippen LogP contribution < -0.4 is 25.3 Å². The van der Waals surface area contributed by atoms with Gasteiger partial charge in [-0.05, 0) is 69.4 Å². The lowest BCUT2D eigenvalue weighted by molar-refractivity contribution is -0.135. The van der Waals surface area contributed by atoms with Crippen molar-refractivity contribution in [3.8, 4) is 0 Å². The van der Waals surface area contributed by atoms with Crippen LogP contribution in [0.3, 0.4) is 0 Å². The molecule has 1 spiro atoms. The van der Waals surface area contributed by atoms with Crippen molar-refractivity contribution >= 4 is 63.5 Å². The number of pyridine rings is 1. The molecule has 5 fully saturated rings. The number of hydrogen-bond acceptors (Lipinski definition) is 11. The quantitative estimate of drug-likeness (QED) is 0.251. The topological polar surface area (TPSA) is 152 Å². The van der Waals surface area contributed by atoms with Crippen LogP contribution in [0, 0.1) is 0 Å². The Bertz CT molecular complexity index is 2300. The lowest BCUT2D eigenvalue weighted by Crippen LogP contribution is -2.71. The van der Waals surface area contributed by atoms with Gasteiger partial charge in [-0.3, -0.25) is 34.3 Å². The van der Waals surface area contributed by atoms with Crippen LogP contribution in [0.15, 0.2) is 48.8 Å². The molecule has 2 saturated carbocycles. The number of aromatic nitrogens is 4. The summed E-state index contributed by atoms with van der Waals surface area (Å²) < 4.78 is 2.12. The number of piperazine rings is 1. The first-order valence-corrected chi connectivity index (χ1v) is 20.4. The van der Waals surface area contributed by atoms with Crippen LogP contribution in [0.4, 0.5) is 28.8 Å². The third-order valence-electron chi connectivity index (χ3n) is 13.3. The molecule has 296 valence electrons. The van der Waals surface area contributed by atoms with Crippen LogP contribution in [-0.4, -0.2) is 118 Å². The number of amides is 4. The van der Waals surface area contributed by atoms with E-state index in [9.17, 15) is 19.2 Å². The first-order valence-electron chi connectivity index (χ1n) is 20.4. The van der Waals surface area contributed by atoms with Crippen LogP contribution >= 0.6 is 0 Å². The fraction of sp³-hybridized carbons (Fsp3) is 0.500. The van der Waals surface area contributed by atoms with E-state index in [1.165, 1.54) is 0 Å². The Morgan fingerprint density at radius 3 is 2.35 bits per heavy atom. The maximum absolute atomic E-state index is 13.9. The summed E-state index contributed by atoms with van der Waals surface area (Å²) in [7, 11) is 3.56. The highest BCUT2D eigenvalue weighted by Gasteiger charge is 2.62. The van der Waals surface area contributed by atoms with Crippen molar-refractivity contribution in [3.05, 3.63) is 60.0 Å². The molecule has 57 heavy (non-hydrogen) atoms. The van der Waals surface area contributed by atoms with Crippen molar-refractivity contribution in [2.24, 2.45) is 0 Å². The summed E-state index contributed by atoms with van der Waals surface area (Å²) in [4.78, 5) is 76.6. The number of nitrogens with one attached hydrogen (secondary N) is 2. The van der Waals surface area contributed by atoms with E-state index in [-0.39, 0.29) is 41.6 Å². The molecule has 4 aliphatic heterocycles. The summed E-state index contributed by atoms with van der Waals surface area (Å²) in [6, 6.07) is 11.7. The number of benzene rings is 1. The molecule has 2 aliphatic carbocycles. The van der Waals surface area contributed by atoms with E-state index in [1.54, 1.807) is 30.1 Å². The average molecular weight is 772 g/mol. The first-order chi connectivity index (χ1) is 27.5. The summed E-state index contributed by atoms with van der Waals surface area (Å²) in [5.74, 6) is 0.428. The summed E-state index contributed by atoms with van der Waals surface area (Å²) in [5.41, 5.74) is 4.97. The lowest BCUT2D eigenvalue weighted by Gasteiger charge is -2.57. The number of hydrogen-bond donors (Lipinski definition) is 2. The van der Waals surface area contributed by atoms with Gasteiger partial charge in [0.25, 0.3) is 5.91 Å². The molecule has 3 saturated heterocycles. The van der Waals surface area contributed by atoms with Crippen LogP contribution in [0.25, 0.3) is 11.0 Å². The Labute approximate surface area is 331 Å². The van der Waals surface area contributed by atoms with Crippen molar-refractivity contribution in [3.63, 3.8) is 0 Å². The number of fused-ring (bicyclic) bond motifs is 3.